The van der Waals surface area contributed by atoms with Crippen LogP contribution >= 0.6 is 34.9 Å². The number of aryl methyl sites for hydroxylation is 1. The average molecular weight is 488 g/mol. The number of nitrogens with one attached hydrogen (secondary N) is 1. The molecule has 0 bridgehead atoms. The molecule has 8 heteroatoms. The number of aromatic nitrogens is 2. The molecule has 4 rings (SSSR count). The van der Waals surface area contributed by atoms with Crippen LogP contribution in [0.25, 0.3) is 10.2 Å². The molecule has 1 aromatic carbocycles. The van der Waals surface area contributed by atoms with Crippen LogP contribution in [0.5, 0.6) is 0 Å². The number of hydrogen-bond acceptors (Lipinski definition) is 7. The van der Waals surface area contributed by atoms with Crippen molar-refractivity contribution in [3.8, 4) is 0 Å². The van der Waals surface area contributed by atoms with E-state index in [1.165, 1.54) is 27.8 Å². The lowest BCUT2D eigenvalue weighted by molar-refractivity contribution is -0.113. The van der Waals surface area contributed by atoms with Crippen LogP contribution in [0.2, 0.25) is 0 Å². The highest BCUT2D eigenvalue weighted by atomic mass is 32.2. The van der Waals surface area contributed by atoms with E-state index in [0.29, 0.717) is 12.4 Å². The number of hydrogen-bond donors (Lipinski definition) is 1. The van der Waals surface area contributed by atoms with Crippen LogP contribution < -0.4 is 5.32 Å². The van der Waals surface area contributed by atoms with Crippen LogP contribution in [-0.2, 0) is 22.6 Å². The largest absolute Gasteiger partial charge is 0.369 e. The number of thiophene rings is 1. The second-order valence-electron chi connectivity index (χ2n) is 8.32. The highest BCUT2D eigenvalue weighted by molar-refractivity contribution is 8.00. The zero-order valence-electron chi connectivity index (χ0n) is 19.0. The number of thioether (sulfide) groups is 2. The third-order valence-corrected chi connectivity index (χ3v) is 8.77. The van der Waals surface area contributed by atoms with Crippen molar-refractivity contribution in [3.05, 3.63) is 40.3 Å². The molecule has 1 aliphatic heterocycles. The van der Waals surface area contributed by atoms with Crippen molar-refractivity contribution in [2.45, 2.75) is 69.3 Å². The standard InChI is InChI=1S/C24H29N3O2S3/c1-5-11-30-23-26-21(31-14-19(28)25-16-9-7-15(3)8-10-16)20-17-12-24(4,6-2)29-13-18(17)32-22(20)27-23/h7-10H,5-6,11-14H2,1-4H3,(H,25,28). The zero-order valence-corrected chi connectivity index (χ0v) is 21.4. The Morgan fingerprint density at radius 2 is 2.00 bits per heavy atom. The molecule has 3 heterocycles. The summed E-state index contributed by atoms with van der Waals surface area (Å²) in [7, 11) is 0. The number of benzene rings is 1. The molecule has 32 heavy (non-hydrogen) atoms. The molecule has 1 atom stereocenters. The van der Waals surface area contributed by atoms with Gasteiger partial charge in [0, 0.05) is 28.1 Å². The first-order valence-electron chi connectivity index (χ1n) is 11.0. The lowest BCUT2D eigenvalue weighted by Crippen LogP contribution is -2.33. The molecule has 1 N–H and O–H groups in total. The molecule has 1 unspecified atom stereocenters. The molecule has 0 fully saturated rings. The summed E-state index contributed by atoms with van der Waals surface area (Å²) >= 11 is 4.89. The van der Waals surface area contributed by atoms with Gasteiger partial charge in [-0.25, -0.2) is 9.97 Å². The van der Waals surface area contributed by atoms with Gasteiger partial charge in [-0.3, -0.25) is 4.79 Å². The Hall–Kier alpha value is -1.61. The minimum atomic E-state index is -0.165. The molecular weight excluding hydrogens is 458 g/mol. The van der Waals surface area contributed by atoms with Gasteiger partial charge in [-0.15, -0.1) is 11.3 Å². The molecule has 0 radical (unpaired) electrons. The number of carbonyl (C=O) groups excluding carboxylic acids is 1. The van der Waals surface area contributed by atoms with E-state index in [-0.39, 0.29) is 11.5 Å². The van der Waals surface area contributed by atoms with E-state index in [9.17, 15) is 4.79 Å². The third-order valence-electron chi connectivity index (χ3n) is 5.64. The van der Waals surface area contributed by atoms with Gasteiger partial charge in [0.25, 0.3) is 0 Å². The van der Waals surface area contributed by atoms with Gasteiger partial charge in [0.2, 0.25) is 5.91 Å². The first-order chi connectivity index (χ1) is 15.4. The van der Waals surface area contributed by atoms with Gasteiger partial charge >= 0.3 is 0 Å². The van der Waals surface area contributed by atoms with Gasteiger partial charge in [0.15, 0.2) is 5.16 Å². The van der Waals surface area contributed by atoms with Crippen LogP contribution in [0.15, 0.2) is 34.4 Å². The number of carbonyl (C=O) groups is 1. The number of rotatable bonds is 8. The second kappa shape index (κ2) is 10.1. The molecule has 0 saturated carbocycles. The molecule has 0 saturated heterocycles. The van der Waals surface area contributed by atoms with Crippen LogP contribution in [0.4, 0.5) is 5.69 Å². The molecule has 1 amide bonds. The normalized spacial score (nSPS) is 18.0. The first-order valence-corrected chi connectivity index (χ1v) is 13.8. The van der Waals surface area contributed by atoms with E-state index in [1.54, 1.807) is 23.1 Å². The summed E-state index contributed by atoms with van der Waals surface area (Å²) in [6.07, 6.45) is 2.88. The summed E-state index contributed by atoms with van der Waals surface area (Å²) in [5, 5.41) is 5.80. The Morgan fingerprint density at radius 3 is 2.72 bits per heavy atom. The molecule has 170 valence electrons. The van der Waals surface area contributed by atoms with E-state index in [4.69, 9.17) is 14.7 Å². The third kappa shape index (κ3) is 5.30. The molecule has 5 nitrogen and oxygen atoms in total. The topological polar surface area (TPSA) is 64.1 Å². The average Bonchev–Trinajstić information content (AvgIpc) is 3.15. The predicted molar refractivity (Wildman–Crippen MR) is 136 cm³/mol. The second-order valence-corrected chi connectivity index (χ2v) is 11.4. The Bertz CT molecular complexity index is 1110. The van der Waals surface area contributed by atoms with E-state index in [0.717, 1.165) is 51.1 Å². The zero-order chi connectivity index (χ0) is 22.7. The fourth-order valence-electron chi connectivity index (χ4n) is 3.58. The van der Waals surface area contributed by atoms with E-state index in [1.807, 2.05) is 31.2 Å². The summed E-state index contributed by atoms with van der Waals surface area (Å²) in [6, 6.07) is 7.86. The SMILES string of the molecule is CCCSc1nc(SCC(=O)Nc2ccc(C)cc2)c2c3c(sc2n1)COC(C)(CC)C3. The monoisotopic (exact) mass is 487 g/mol. The Labute approximate surface area is 202 Å². The summed E-state index contributed by atoms with van der Waals surface area (Å²) < 4.78 is 6.16. The Kier molecular flexibility index (Phi) is 7.44. The molecular formula is C24H29N3O2S3. The van der Waals surface area contributed by atoms with Crippen molar-refractivity contribution >= 4 is 56.7 Å². The minimum absolute atomic E-state index is 0.0285. The van der Waals surface area contributed by atoms with Crippen molar-refractivity contribution in [2.24, 2.45) is 0 Å². The van der Waals surface area contributed by atoms with Gasteiger partial charge in [-0.2, -0.15) is 0 Å². The van der Waals surface area contributed by atoms with Gasteiger partial charge in [0.1, 0.15) is 9.86 Å². The predicted octanol–water partition coefficient (Wildman–Crippen LogP) is 6.47. The number of amides is 1. The van der Waals surface area contributed by atoms with Gasteiger partial charge in [-0.05, 0) is 44.4 Å². The quantitative estimate of drug-likeness (QED) is 0.223. The Morgan fingerprint density at radius 1 is 1.22 bits per heavy atom. The summed E-state index contributed by atoms with van der Waals surface area (Å²) in [5.74, 6) is 1.26. The lowest BCUT2D eigenvalue weighted by atomic mass is 9.90. The highest BCUT2D eigenvalue weighted by Crippen LogP contribution is 2.43. The summed E-state index contributed by atoms with van der Waals surface area (Å²) in [6.45, 7) is 9.15. The van der Waals surface area contributed by atoms with Crippen molar-refractivity contribution in [1.82, 2.24) is 9.97 Å². The maximum atomic E-state index is 12.6. The maximum absolute atomic E-state index is 12.6. The van der Waals surface area contributed by atoms with Crippen molar-refractivity contribution in [3.63, 3.8) is 0 Å². The minimum Gasteiger partial charge on any atom is -0.369 e. The Balaban J connectivity index is 1.61. The summed E-state index contributed by atoms with van der Waals surface area (Å²) in [4.78, 5) is 24.6. The first kappa shape index (κ1) is 23.5. The van der Waals surface area contributed by atoms with Crippen LogP contribution in [0.3, 0.4) is 0 Å². The van der Waals surface area contributed by atoms with Gasteiger partial charge < -0.3 is 10.1 Å². The van der Waals surface area contributed by atoms with Gasteiger partial charge in [0.05, 0.1) is 18.0 Å². The van der Waals surface area contributed by atoms with E-state index in [2.05, 4.69) is 26.1 Å². The fraction of sp³-hybridized carbons (Fsp3) is 0.458. The lowest BCUT2D eigenvalue weighted by Gasteiger charge is -2.33. The molecule has 0 aliphatic carbocycles. The van der Waals surface area contributed by atoms with E-state index < -0.39 is 0 Å². The molecule has 1 aliphatic rings. The highest BCUT2D eigenvalue weighted by Gasteiger charge is 2.33. The van der Waals surface area contributed by atoms with Crippen molar-refractivity contribution in [1.29, 1.82) is 0 Å². The number of ether oxygens (including phenoxy) is 1. The summed E-state index contributed by atoms with van der Waals surface area (Å²) in [5.41, 5.74) is 3.12. The van der Waals surface area contributed by atoms with Crippen LogP contribution in [-0.4, -0.2) is 33.0 Å². The smallest absolute Gasteiger partial charge is 0.234 e. The van der Waals surface area contributed by atoms with Crippen LogP contribution in [0, 0.1) is 6.92 Å². The molecule has 3 aromatic rings. The number of anilines is 1. The fourth-order valence-corrected chi connectivity index (χ4v) is 6.41. The maximum Gasteiger partial charge on any atom is 0.234 e. The van der Waals surface area contributed by atoms with Crippen molar-refractivity contribution < 1.29 is 9.53 Å². The van der Waals surface area contributed by atoms with Crippen LogP contribution in [0.1, 0.15) is 49.6 Å². The number of fused-ring (bicyclic) bond motifs is 3. The molecule has 2 aromatic heterocycles. The van der Waals surface area contributed by atoms with Crippen molar-refractivity contribution in [2.75, 3.05) is 16.8 Å². The molecule has 0 spiro atoms. The van der Waals surface area contributed by atoms with E-state index >= 15 is 0 Å². The van der Waals surface area contributed by atoms with Gasteiger partial charge in [-0.1, -0.05) is 55.1 Å². The number of nitrogens with zero attached hydrogens (tertiary/aromatic N) is 2.